The minimum atomic E-state index is -0.444. The summed E-state index contributed by atoms with van der Waals surface area (Å²) in [7, 11) is 1.67. The highest BCUT2D eigenvalue weighted by Gasteiger charge is 2.25. The molecule has 106 valence electrons. The normalized spacial score (nSPS) is 25.0. The highest BCUT2D eigenvalue weighted by molar-refractivity contribution is 5.68. The average Bonchev–Trinajstić information content (AvgIpc) is 2.17. The predicted octanol–water partition coefficient (Wildman–Crippen LogP) is 2.39. The van der Waals surface area contributed by atoms with Gasteiger partial charge in [-0.15, -0.1) is 0 Å². The van der Waals surface area contributed by atoms with Gasteiger partial charge in [0.1, 0.15) is 5.60 Å². The third-order valence-corrected chi connectivity index (χ3v) is 3.09. The summed E-state index contributed by atoms with van der Waals surface area (Å²) in [5.74, 6) is 0.525. The van der Waals surface area contributed by atoms with Crippen molar-refractivity contribution in [3.8, 4) is 0 Å². The highest BCUT2D eigenvalue weighted by Crippen LogP contribution is 2.24. The van der Waals surface area contributed by atoms with Gasteiger partial charge in [0.25, 0.3) is 0 Å². The van der Waals surface area contributed by atoms with Crippen LogP contribution in [0.1, 0.15) is 46.5 Å². The number of hydrogen-bond acceptors (Lipinski definition) is 4. The molecule has 0 unspecified atom stereocenters. The van der Waals surface area contributed by atoms with E-state index in [1.165, 1.54) is 5.06 Å². The Kier molecular flexibility index (Phi) is 5.41. The Bertz CT molecular complexity index is 266. The first-order chi connectivity index (χ1) is 8.26. The lowest BCUT2D eigenvalue weighted by Crippen LogP contribution is -2.41. The van der Waals surface area contributed by atoms with E-state index in [-0.39, 0.29) is 12.1 Å². The van der Waals surface area contributed by atoms with Crippen molar-refractivity contribution >= 4 is 6.09 Å². The van der Waals surface area contributed by atoms with Crippen molar-refractivity contribution in [2.45, 2.75) is 58.1 Å². The third kappa shape index (κ3) is 6.21. The van der Waals surface area contributed by atoms with Crippen LogP contribution in [0.5, 0.6) is 0 Å². The Balaban J connectivity index is 2.25. The summed E-state index contributed by atoms with van der Waals surface area (Å²) in [5.41, 5.74) is -0.444. The van der Waals surface area contributed by atoms with Crippen molar-refractivity contribution in [1.29, 1.82) is 0 Å². The van der Waals surface area contributed by atoms with Crippen molar-refractivity contribution in [3.63, 3.8) is 0 Å². The van der Waals surface area contributed by atoms with E-state index in [1.807, 2.05) is 20.8 Å². The maximum atomic E-state index is 11.6. The van der Waals surface area contributed by atoms with E-state index in [1.54, 1.807) is 7.05 Å². The first-order valence-corrected chi connectivity index (χ1v) is 6.66. The predicted molar refractivity (Wildman–Crippen MR) is 69.5 cm³/mol. The molecule has 0 spiro atoms. The molecule has 0 aromatic heterocycles. The number of carbonyl (C=O) groups excluding carboxylic acids is 1. The van der Waals surface area contributed by atoms with E-state index in [0.717, 1.165) is 25.7 Å². The molecule has 2 N–H and O–H groups in total. The fraction of sp³-hybridized carbons (Fsp3) is 0.923. The molecule has 0 aromatic carbocycles. The second kappa shape index (κ2) is 6.38. The molecular formula is C13H26N2O3. The molecule has 0 radical (unpaired) electrons. The summed E-state index contributed by atoms with van der Waals surface area (Å²) < 4.78 is 5.23. The smallest absolute Gasteiger partial charge is 0.407 e. The fourth-order valence-corrected chi connectivity index (χ4v) is 2.34. The molecule has 1 fully saturated rings. The van der Waals surface area contributed by atoms with E-state index in [9.17, 15) is 10.0 Å². The van der Waals surface area contributed by atoms with Crippen LogP contribution in [0.25, 0.3) is 0 Å². The molecule has 0 atom stereocenters. The van der Waals surface area contributed by atoms with E-state index in [2.05, 4.69) is 5.32 Å². The summed E-state index contributed by atoms with van der Waals surface area (Å²) in [5, 5.41) is 13.3. The molecular weight excluding hydrogens is 232 g/mol. The summed E-state index contributed by atoms with van der Waals surface area (Å²) in [4.78, 5) is 11.6. The number of hydrogen-bond donors (Lipinski definition) is 2. The van der Waals surface area contributed by atoms with Crippen LogP contribution < -0.4 is 5.32 Å². The van der Waals surface area contributed by atoms with Crippen LogP contribution in [-0.2, 0) is 4.74 Å². The van der Waals surface area contributed by atoms with E-state index < -0.39 is 5.60 Å². The number of amides is 1. The second-order valence-corrected chi connectivity index (χ2v) is 6.20. The van der Waals surface area contributed by atoms with Crippen LogP contribution >= 0.6 is 0 Å². The minimum absolute atomic E-state index is 0.208. The van der Waals surface area contributed by atoms with Crippen LogP contribution in [0, 0.1) is 5.92 Å². The van der Waals surface area contributed by atoms with Crippen molar-refractivity contribution < 1.29 is 14.7 Å². The zero-order valence-corrected chi connectivity index (χ0v) is 11.9. The monoisotopic (exact) mass is 258 g/mol. The molecule has 1 aliphatic rings. The van der Waals surface area contributed by atoms with Crippen LogP contribution in [0.2, 0.25) is 0 Å². The lowest BCUT2D eigenvalue weighted by molar-refractivity contribution is -0.0796. The number of rotatable bonds is 3. The second-order valence-electron chi connectivity index (χ2n) is 6.20. The van der Waals surface area contributed by atoms with Crippen LogP contribution in [0.3, 0.4) is 0 Å². The number of nitrogens with one attached hydrogen (secondary N) is 1. The van der Waals surface area contributed by atoms with Crippen molar-refractivity contribution in [2.75, 3.05) is 13.6 Å². The maximum absolute atomic E-state index is 11.6. The first kappa shape index (κ1) is 15.2. The number of nitrogens with zero attached hydrogens (tertiary/aromatic N) is 1. The number of hydroxylamine groups is 2. The number of carbonyl (C=O) groups is 1. The molecule has 1 aliphatic carbocycles. The van der Waals surface area contributed by atoms with E-state index in [0.29, 0.717) is 12.5 Å². The molecule has 5 nitrogen and oxygen atoms in total. The molecule has 0 aliphatic heterocycles. The molecule has 0 heterocycles. The van der Waals surface area contributed by atoms with Gasteiger partial charge in [-0.3, -0.25) is 0 Å². The summed E-state index contributed by atoms with van der Waals surface area (Å²) in [6.07, 6.45) is 3.65. The third-order valence-electron chi connectivity index (χ3n) is 3.09. The van der Waals surface area contributed by atoms with Crippen molar-refractivity contribution in [3.05, 3.63) is 0 Å². The van der Waals surface area contributed by atoms with Gasteiger partial charge in [-0.25, -0.2) is 4.79 Å². The lowest BCUT2D eigenvalue weighted by Gasteiger charge is -2.30. The standard InChI is InChI=1S/C13H26N2O3/c1-13(2,3)18-12(16)14-11-7-5-10(6-8-11)9-15(4)17/h10-11,17H,5-9H2,1-4H3,(H,14,16). The van der Waals surface area contributed by atoms with Gasteiger partial charge in [-0.1, -0.05) is 0 Å². The Morgan fingerprint density at radius 1 is 1.33 bits per heavy atom. The van der Waals surface area contributed by atoms with E-state index >= 15 is 0 Å². The van der Waals surface area contributed by atoms with Gasteiger partial charge in [0.15, 0.2) is 0 Å². The number of alkyl carbamates (subject to hydrolysis) is 1. The fourth-order valence-electron chi connectivity index (χ4n) is 2.34. The zero-order chi connectivity index (χ0) is 13.8. The zero-order valence-electron chi connectivity index (χ0n) is 11.9. The van der Waals surface area contributed by atoms with Crippen LogP contribution in [-0.4, -0.2) is 41.6 Å². The van der Waals surface area contributed by atoms with Gasteiger partial charge in [0.2, 0.25) is 0 Å². The molecule has 1 rings (SSSR count). The molecule has 5 heteroatoms. The quantitative estimate of drug-likeness (QED) is 0.763. The average molecular weight is 258 g/mol. The van der Waals surface area contributed by atoms with Gasteiger partial charge in [-0.05, 0) is 52.4 Å². The van der Waals surface area contributed by atoms with E-state index in [4.69, 9.17) is 4.74 Å². The largest absolute Gasteiger partial charge is 0.444 e. The van der Waals surface area contributed by atoms with Gasteiger partial charge in [0, 0.05) is 19.6 Å². The molecule has 1 saturated carbocycles. The van der Waals surface area contributed by atoms with Gasteiger partial charge >= 0.3 is 6.09 Å². The Labute approximate surface area is 109 Å². The highest BCUT2D eigenvalue weighted by atomic mass is 16.6. The van der Waals surface area contributed by atoms with Gasteiger partial charge in [0.05, 0.1) is 0 Å². The van der Waals surface area contributed by atoms with Crippen molar-refractivity contribution in [1.82, 2.24) is 10.4 Å². The summed E-state index contributed by atoms with van der Waals surface area (Å²) >= 11 is 0. The SMILES string of the molecule is CN(O)CC1CCC(NC(=O)OC(C)(C)C)CC1. The molecule has 18 heavy (non-hydrogen) atoms. The molecule has 0 aromatic rings. The number of ether oxygens (including phenoxy) is 1. The Morgan fingerprint density at radius 3 is 2.33 bits per heavy atom. The van der Waals surface area contributed by atoms with Gasteiger partial charge in [-0.2, -0.15) is 5.06 Å². The Morgan fingerprint density at radius 2 is 1.89 bits per heavy atom. The Hall–Kier alpha value is -0.810. The van der Waals surface area contributed by atoms with Crippen molar-refractivity contribution in [2.24, 2.45) is 5.92 Å². The topological polar surface area (TPSA) is 61.8 Å². The lowest BCUT2D eigenvalue weighted by atomic mass is 9.86. The molecule has 0 saturated heterocycles. The summed E-state index contributed by atoms with van der Waals surface area (Å²) in [6, 6.07) is 0.208. The summed E-state index contributed by atoms with van der Waals surface area (Å²) in [6.45, 7) is 6.29. The van der Waals surface area contributed by atoms with Crippen LogP contribution in [0.15, 0.2) is 0 Å². The minimum Gasteiger partial charge on any atom is -0.444 e. The molecule has 1 amide bonds. The van der Waals surface area contributed by atoms with Crippen LogP contribution in [0.4, 0.5) is 4.79 Å². The maximum Gasteiger partial charge on any atom is 0.407 e. The molecule has 0 bridgehead atoms. The first-order valence-electron chi connectivity index (χ1n) is 6.66. The van der Waals surface area contributed by atoms with Gasteiger partial charge < -0.3 is 15.3 Å².